The number of rotatable bonds is 41. The van der Waals surface area contributed by atoms with Crippen molar-refractivity contribution in [3.63, 3.8) is 0 Å². The SMILES string of the molecule is CC/C=C\C/C=C\C/C=C\C/C=C\C/C=C\C/C=C\CCC(=O)NC(COP(=O)(O)OCCN)C(O)/C=C/CCCCCCCCCCCCCCCCCCC. The number of phosphoric ester groups is 1. The first kappa shape index (κ1) is 54.7. The topological polar surface area (TPSA) is 131 Å². The number of amides is 1. The van der Waals surface area contributed by atoms with Crippen molar-refractivity contribution in [1.82, 2.24) is 5.32 Å². The molecule has 3 unspecified atom stereocenters. The molecule has 0 aliphatic rings. The van der Waals surface area contributed by atoms with Crippen LogP contribution in [0.25, 0.3) is 0 Å². The van der Waals surface area contributed by atoms with Crippen LogP contribution in [0.15, 0.2) is 85.1 Å². The molecule has 0 aromatic carbocycles. The van der Waals surface area contributed by atoms with E-state index in [1.54, 1.807) is 6.08 Å². The van der Waals surface area contributed by atoms with Gasteiger partial charge in [-0.25, -0.2) is 4.57 Å². The normalized spacial score (nSPS) is 14.8. The average Bonchev–Trinajstić information content (AvgIpc) is 3.20. The average molecular weight is 817 g/mol. The molecule has 0 radical (unpaired) electrons. The number of hydrogen-bond donors (Lipinski definition) is 4. The molecule has 3 atom stereocenters. The number of allylic oxidation sites excluding steroid dienone is 13. The lowest BCUT2D eigenvalue weighted by atomic mass is 10.0. The molecule has 0 heterocycles. The summed E-state index contributed by atoms with van der Waals surface area (Å²) >= 11 is 0. The van der Waals surface area contributed by atoms with Gasteiger partial charge in [-0.05, 0) is 57.8 Å². The van der Waals surface area contributed by atoms with Crippen molar-refractivity contribution >= 4 is 13.7 Å². The van der Waals surface area contributed by atoms with E-state index in [0.717, 1.165) is 57.8 Å². The minimum atomic E-state index is -4.37. The Morgan fingerprint density at radius 3 is 1.46 bits per heavy atom. The maximum absolute atomic E-state index is 12.7. The van der Waals surface area contributed by atoms with Crippen molar-refractivity contribution in [2.45, 2.75) is 193 Å². The van der Waals surface area contributed by atoms with Crippen LogP contribution < -0.4 is 11.1 Å². The van der Waals surface area contributed by atoms with Gasteiger partial charge in [0.2, 0.25) is 5.91 Å². The fourth-order valence-corrected chi connectivity index (χ4v) is 6.85. The summed E-state index contributed by atoms with van der Waals surface area (Å²) in [5.41, 5.74) is 5.37. The van der Waals surface area contributed by atoms with E-state index < -0.39 is 20.0 Å². The summed E-state index contributed by atoms with van der Waals surface area (Å²) in [6.07, 6.45) is 57.9. The van der Waals surface area contributed by atoms with Crippen LogP contribution in [0, 0.1) is 0 Å². The molecule has 0 saturated heterocycles. The summed E-state index contributed by atoms with van der Waals surface area (Å²) < 4.78 is 22.1. The van der Waals surface area contributed by atoms with Gasteiger partial charge in [0.1, 0.15) is 0 Å². The zero-order valence-corrected chi connectivity index (χ0v) is 37.2. The monoisotopic (exact) mass is 817 g/mol. The summed E-state index contributed by atoms with van der Waals surface area (Å²) in [6.45, 7) is 3.96. The molecule has 0 rings (SSSR count). The molecule has 1 amide bonds. The van der Waals surface area contributed by atoms with E-state index in [1.807, 2.05) is 18.2 Å². The van der Waals surface area contributed by atoms with Gasteiger partial charge >= 0.3 is 7.82 Å². The van der Waals surface area contributed by atoms with E-state index >= 15 is 0 Å². The van der Waals surface area contributed by atoms with Crippen molar-refractivity contribution in [1.29, 1.82) is 0 Å². The van der Waals surface area contributed by atoms with E-state index in [0.29, 0.717) is 6.42 Å². The van der Waals surface area contributed by atoms with E-state index in [2.05, 4.69) is 79.9 Å². The fourth-order valence-electron chi connectivity index (χ4n) is 6.10. The fraction of sp³-hybridized carbons (Fsp3) is 0.688. The Labute approximate surface area is 349 Å². The Balaban J connectivity index is 4.34. The van der Waals surface area contributed by atoms with E-state index in [-0.39, 0.29) is 32.1 Å². The maximum Gasteiger partial charge on any atom is 0.472 e. The Bertz CT molecular complexity index is 1160. The van der Waals surface area contributed by atoms with E-state index in [1.165, 1.54) is 96.3 Å². The van der Waals surface area contributed by atoms with Crippen LogP contribution in [0.1, 0.15) is 181 Å². The smallest absolute Gasteiger partial charge is 0.387 e. The largest absolute Gasteiger partial charge is 0.472 e. The van der Waals surface area contributed by atoms with Crippen molar-refractivity contribution in [2.75, 3.05) is 19.8 Å². The summed E-state index contributed by atoms with van der Waals surface area (Å²) in [7, 11) is -4.37. The highest BCUT2D eigenvalue weighted by Crippen LogP contribution is 2.43. The van der Waals surface area contributed by atoms with Crippen LogP contribution in [0.3, 0.4) is 0 Å². The van der Waals surface area contributed by atoms with Gasteiger partial charge in [0.05, 0.1) is 25.4 Å². The van der Waals surface area contributed by atoms with Gasteiger partial charge in [-0.2, -0.15) is 0 Å². The van der Waals surface area contributed by atoms with Crippen molar-refractivity contribution in [3.05, 3.63) is 85.1 Å². The highest BCUT2D eigenvalue weighted by molar-refractivity contribution is 7.47. The van der Waals surface area contributed by atoms with Gasteiger partial charge in [0.25, 0.3) is 0 Å². The predicted molar refractivity (Wildman–Crippen MR) is 244 cm³/mol. The highest BCUT2D eigenvalue weighted by Gasteiger charge is 2.26. The first-order valence-electron chi connectivity index (χ1n) is 22.7. The maximum atomic E-state index is 12.7. The number of aliphatic hydroxyl groups excluding tert-OH is 1. The molecule has 0 aromatic rings. The van der Waals surface area contributed by atoms with Crippen LogP contribution >= 0.6 is 7.82 Å². The molecule has 328 valence electrons. The second kappa shape index (κ2) is 43.3. The molecule has 5 N–H and O–H groups in total. The van der Waals surface area contributed by atoms with Crippen LogP contribution in [0.5, 0.6) is 0 Å². The van der Waals surface area contributed by atoms with Crippen LogP contribution in [0.4, 0.5) is 0 Å². The molecular formula is C48H85N2O6P. The molecular weight excluding hydrogens is 732 g/mol. The third-order valence-electron chi connectivity index (χ3n) is 9.49. The molecule has 0 fully saturated rings. The van der Waals surface area contributed by atoms with Crippen LogP contribution in [-0.2, 0) is 18.4 Å². The van der Waals surface area contributed by atoms with E-state index in [9.17, 15) is 19.4 Å². The number of nitrogens with one attached hydrogen (secondary N) is 1. The number of carbonyl (C=O) groups excluding carboxylic acids is 1. The first-order valence-corrected chi connectivity index (χ1v) is 24.2. The zero-order chi connectivity index (χ0) is 41.8. The quantitative estimate of drug-likeness (QED) is 0.0274. The number of carbonyl (C=O) groups is 1. The molecule has 0 spiro atoms. The Kier molecular flexibility index (Phi) is 41.5. The second-order valence-electron chi connectivity index (χ2n) is 14.9. The minimum absolute atomic E-state index is 0.0629. The number of phosphoric acid groups is 1. The van der Waals surface area contributed by atoms with Gasteiger partial charge in [-0.3, -0.25) is 13.8 Å². The van der Waals surface area contributed by atoms with Crippen molar-refractivity contribution < 1.29 is 28.4 Å². The number of unbranched alkanes of at least 4 members (excludes halogenated alkanes) is 17. The molecule has 8 nitrogen and oxygen atoms in total. The van der Waals surface area contributed by atoms with Crippen LogP contribution in [-0.4, -0.2) is 47.8 Å². The molecule has 0 aliphatic heterocycles. The van der Waals surface area contributed by atoms with E-state index in [4.69, 9.17) is 14.8 Å². The highest BCUT2D eigenvalue weighted by atomic mass is 31.2. The number of aliphatic hydroxyl groups is 1. The standard InChI is InChI=1S/C48H85N2O6P/c1-3-5-7-9-11-13-15-17-19-21-23-25-27-29-31-33-35-37-39-41-47(51)46(45-56-57(53,54)55-44-43-49)50-48(52)42-40-38-36-34-32-30-28-26-24-22-20-18-16-14-12-10-8-6-4-2/h6,8,12,14,18,20,24,26,30,32,36,38-39,41,46-47,51H,3-5,7,9-11,13,15-17,19,21-23,25,27-29,31,33-35,37,40,42-45,49H2,1-2H3,(H,50,52)(H,53,54)/b8-6-,14-12-,20-18-,26-24-,32-30-,38-36-,41-39+. The van der Waals surface area contributed by atoms with Gasteiger partial charge in [0.15, 0.2) is 0 Å². The molecule has 57 heavy (non-hydrogen) atoms. The summed E-state index contributed by atoms with van der Waals surface area (Å²) in [6, 6.07) is -0.906. The summed E-state index contributed by atoms with van der Waals surface area (Å²) in [5.74, 6) is -0.278. The lowest BCUT2D eigenvalue weighted by Gasteiger charge is -2.23. The minimum Gasteiger partial charge on any atom is -0.387 e. The molecule has 0 bridgehead atoms. The van der Waals surface area contributed by atoms with Crippen LogP contribution in [0.2, 0.25) is 0 Å². The molecule has 0 aromatic heterocycles. The van der Waals surface area contributed by atoms with Gasteiger partial charge in [0, 0.05) is 13.0 Å². The first-order chi connectivity index (χ1) is 27.9. The predicted octanol–water partition coefficient (Wildman–Crippen LogP) is 13.0. The van der Waals surface area contributed by atoms with Gasteiger partial charge in [-0.1, -0.05) is 202 Å². The number of nitrogens with two attached hydrogens (primary N) is 1. The number of hydrogen-bond acceptors (Lipinski definition) is 6. The zero-order valence-electron chi connectivity index (χ0n) is 36.3. The van der Waals surface area contributed by atoms with Gasteiger partial charge < -0.3 is 21.1 Å². The molecule has 0 aliphatic carbocycles. The van der Waals surface area contributed by atoms with Crippen molar-refractivity contribution in [2.24, 2.45) is 5.73 Å². The van der Waals surface area contributed by atoms with Gasteiger partial charge in [-0.15, -0.1) is 0 Å². The summed E-state index contributed by atoms with van der Waals surface area (Å²) in [4.78, 5) is 22.7. The second-order valence-corrected chi connectivity index (χ2v) is 16.3. The third kappa shape index (κ3) is 41.6. The Morgan fingerprint density at radius 1 is 0.596 bits per heavy atom. The lowest BCUT2D eigenvalue weighted by molar-refractivity contribution is -0.122. The van der Waals surface area contributed by atoms with Crippen molar-refractivity contribution in [3.8, 4) is 0 Å². The Hall–Kier alpha value is -2.32. The lowest BCUT2D eigenvalue weighted by Crippen LogP contribution is -2.45. The molecule has 9 heteroatoms. The summed E-state index contributed by atoms with van der Waals surface area (Å²) in [5, 5.41) is 13.6. The third-order valence-corrected chi connectivity index (χ3v) is 10.5. The molecule has 0 saturated carbocycles. The Morgan fingerprint density at radius 2 is 1.02 bits per heavy atom.